The summed E-state index contributed by atoms with van der Waals surface area (Å²) in [6.07, 6.45) is 0. The van der Waals surface area contributed by atoms with Crippen molar-refractivity contribution in [3.63, 3.8) is 0 Å². The summed E-state index contributed by atoms with van der Waals surface area (Å²) in [7, 11) is 0. The van der Waals surface area contributed by atoms with E-state index in [9.17, 15) is 9.59 Å². The Hall–Kier alpha value is -2.70. The van der Waals surface area contributed by atoms with E-state index >= 15 is 0 Å². The number of carbonyl (C=O) groups excluding carboxylic acids is 2. The van der Waals surface area contributed by atoms with Gasteiger partial charge in [0.2, 0.25) is 0 Å². The van der Waals surface area contributed by atoms with Gasteiger partial charge in [-0.1, -0.05) is 23.8 Å². The molecule has 0 aromatic heterocycles. The number of carbonyl (C=O) groups is 2. The number of anilines is 1. The first-order valence-corrected chi connectivity index (χ1v) is 10.0. The van der Waals surface area contributed by atoms with Crippen LogP contribution in [0.4, 0.5) is 5.69 Å². The summed E-state index contributed by atoms with van der Waals surface area (Å²) in [5, 5.41) is 5.92. The number of hydrogen-bond donors (Lipinski definition) is 2. The molecule has 154 valence electrons. The molecule has 0 atom stereocenters. The minimum Gasteiger partial charge on any atom is -0.379 e. The minimum absolute atomic E-state index is 0.171. The highest BCUT2D eigenvalue weighted by Crippen LogP contribution is 2.22. The fourth-order valence-corrected chi connectivity index (χ4v) is 3.62. The molecule has 6 heteroatoms. The fourth-order valence-electron chi connectivity index (χ4n) is 3.62. The van der Waals surface area contributed by atoms with Gasteiger partial charge in [-0.05, 0) is 50.1 Å². The van der Waals surface area contributed by atoms with Gasteiger partial charge in [0.1, 0.15) is 0 Å². The van der Waals surface area contributed by atoms with E-state index in [1.165, 1.54) is 0 Å². The van der Waals surface area contributed by atoms with Crippen LogP contribution >= 0.6 is 0 Å². The molecular weight excluding hydrogens is 366 g/mol. The average molecular weight is 396 g/mol. The largest absolute Gasteiger partial charge is 0.379 e. The Morgan fingerprint density at radius 3 is 2.24 bits per heavy atom. The van der Waals surface area contributed by atoms with Gasteiger partial charge in [-0.15, -0.1) is 0 Å². The summed E-state index contributed by atoms with van der Waals surface area (Å²) < 4.78 is 5.33. The normalized spacial score (nSPS) is 14.4. The van der Waals surface area contributed by atoms with Crippen LogP contribution in [0.5, 0.6) is 0 Å². The van der Waals surface area contributed by atoms with E-state index in [0.717, 1.165) is 55.2 Å². The van der Waals surface area contributed by atoms with Crippen LogP contribution in [0, 0.1) is 20.8 Å². The monoisotopic (exact) mass is 395 g/mol. The number of nitrogens with one attached hydrogen (secondary N) is 2. The Morgan fingerprint density at radius 2 is 1.59 bits per heavy atom. The average Bonchev–Trinajstić information content (AvgIpc) is 2.71. The van der Waals surface area contributed by atoms with E-state index < -0.39 is 0 Å². The lowest BCUT2D eigenvalue weighted by atomic mass is 10.0. The highest BCUT2D eigenvalue weighted by atomic mass is 16.5. The highest BCUT2D eigenvalue weighted by molar-refractivity contribution is 6.06. The van der Waals surface area contributed by atoms with Gasteiger partial charge < -0.3 is 15.4 Å². The Labute approximate surface area is 172 Å². The molecule has 2 aromatic rings. The first-order valence-electron chi connectivity index (χ1n) is 10.0. The number of rotatable bonds is 6. The molecule has 0 aliphatic carbocycles. The van der Waals surface area contributed by atoms with Gasteiger partial charge in [0.25, 0.3) is 11.8 Å². The van der Waals surface area contributed by atoms with Crippen molar-refractivity contribution in [2.75, 3.05) is 44.7 Å². The highest BCUT2D eigenvalue weighted by Gasteiger charge is 2.14. The van der Waals surface area contributed by atoms with Crippen molar-refractivity contribution in [3.05, 3.63) is 64.2 Å². The Kier molecular flexibility index (Phi) is 7.01. The zero-order chi connectivity index (χ0) is 20.8. The second kappa shape index (κ2) is 9.67. The van der Waals surface area contributed by atoms with Gasteiger partial charge in [-0.3, -0.25) is 14.5 Å². The van der Waals surface area contributed by atoms with Crippen LogP contribution in [-0.2, 0) is 4.74 Å². The lowest BCUT2D eigenvalue weighted by molar-refractivity contribution is 0.0383. The van der Waals surface area contributed by atoms with Crippen LogP contribution in [-0.4, -0.2) is 56.1 Å². The van der Waals surface area contributed by atoms with Crippen LogP contribution < -0.4 is 10.6 Å². The number of amides is 2. The number of benzene rings is 2. The van der Waals surface area contributed by atoms with Crippen molar-refractivity contribution in [1.82, 2.24) is 10.2 Å². The second-order valence-corrected chi connectivity index (χ2v) is 7.52. The van der Waals surface area contributed by atoms with Gasteiger partial charge in [0.15, 0.2) is 0 Å². The van der Waals surface area contributed by atoms with E-state index in [1.807, 2.05) is 32.9 Å². The molecule has 0 spiro atoms. The summed E-state index contributed by atoms with van der Waals surface area (Å²) in [6, 6.07) is 10.9. The standard InChI is InChI=1S/C23H29N3O3/c1-16-13-17(2)21(18(3)14-16)25-23(28)20-6-4-5-19(15-20)22(27)24-7-8-26-9-11-29-12-10-26/h4-6,13-15H,7-12H2,1-3H3,(H,24,27)(H,25,28). The SMILES string of the molecule is Cc1cc(C)c(NC(=O)c2cccc(C(=O)NCCN3CCOCC3)c2)c(C)c1. The first-order chi connectivity index (χ1) is 13.9. The molecular formula is C23H29N3O3. The second-order valence-electron chi connectivity index (χ2n) is 7.52. The zero-order valence-corrected chi connectivity index (χ0v) is 17.4. The molecule has 1 aliphatic rings. The summed E-state index contributed by atoms with van der Waals surface area (Å²) in [5.74, 6) is -0.390. The van der Waals surface area contributed by atoms with Gasteiger partial charge in [-0.2, -0.15) is 0 Å². The Bertz CT molecular complexity index is 866. The van der Waals surface area contributed by atoms with Gasteiger partial charge >= 0.3 is 0 Å². The molecule has 0 unspecified atom stereocenters. The quantitative estimate of drug-likeness (QED) is 0.789. The maximum atomic E-state index is 12.7. The molecule has 0 saturated carbocycles. The number of nitrogens with zero attached hydrogens (tertiary/aromatic N) is 1. The Morgan fingerprint density at radius 1 is 0.966 bits per heavy atom. The van der Waals surface area contributed by atoms with Crippen LogP contribution in [0.1, 0.15) is 37.4 Å². The van der Waals surface area contributed by atoms with Crippen molar-refractivity contribution >= 4 is 17.5 Å². The van der Waals surface area contributed by atoms with Crippen LogP contribution in [0.2, 0.25) is 0 Å². The van der Waals surface area contributed by atoms with Gasteiger partial charge in [-0.25, -0.2) is 0 Å². The molecule has 2 aromatic carbocycles. The van der Waals surface area contributed by atoms with Crippen molar-refractivity contribution in [2.45, 2.75) is 20.8 Å². The molecule has 0 radical (unpaired) electrons. The minimum atomic E-state index is -0.219. The summed E-state index contributed by atoms with van der Waals surface area (Å²) in [5.41, 5.74) is 4.97. The van der Waals surface area contributed by atoms with Crippen LogP contribution in [0.25, 0.3) is 0 Å². The Balaban J connectivity index is 1.61. The molecule has 29 heavy (non-hydrogen) atoms. The number of morpholine rings is 1. The van der Waals surface area contributed by atoms with Crippen molar-refractivity contribution in [3.8, 4) is 0 Å². The van der Waals surface area contributed by atoms with Crippen LogP contribution in [0.3, 0.4) is 0 Å². The first kappa shape index (κ1) is 21.0. The summed E-state index contributed by atoms with van der Waals surface area (Å²) in [4.78, 5) is 27.5. The van der Waals surface area contributed by atoms with Gasteiger partial charge in [0.05, 0.1) is 13.2 Å². The predicted molar refractivity (Wildman–Crippen MR) is 115 cm³/mol. The van der Waals surface area contributed by atoms with Crippen molar-refractivity contribution in [2.24, 2.45) is 0 Å². The third kappa shape index (κ3) is 5.65. The van der Waals surface area contributed by atoms with E-state index in [2.05, 4.69) is 15.5 Å². The lowest BCUT2D eigenvalue weighted by Crippen LogP contribution is -2.41. The zero-order valence-electron chi connectivity index (χ0n) is 17.4. The third-order valence-electron chi connectivity index (χ3n) is 5.12. The predicted octanol–water partition coefficient (Wildman–Crippen LogP) is 2.93. The van der Waals surface area contributed by atoms with Gasteiger partial charge in [0, 0.05) is 43.0 Å². The van der Waals surface area contributed by atoms with E-state index in [4.69, 9.17) is 4.74 Å². The fraction of sp³-hybridized carbons (Fsp3) is 0.391. The molecule has 2 N–H and O–H groups in total. The topological polar surface area (TPSA) is 70.7 Å². The smallest absolute Gasteiger partial charge is 0.255 e. The summed E-state index contributed by atoms with van der Waals surface area (Å²) in [6.45, 7) is 10.6. The maximum absolute atomic E-state index is 12.7. The molecule has 3 rings (SSSR count). The molecule has 1 fully saturated rings. The molecule has 1 aliphatic heterocycles. The van der Waals surface area contributed by atoms with Crippen molar-refractivity contribution < 1.29 is 14.3 Å². The molecule has 1 heterocycles. The lowest BCUT2D eigenvalue weighted by Gasteiger charge is -2.26. The number of aryl methyl sites for hydroxylation is 3. The molecule has 6 nitrogen and oxygen atoms in total. The maximum Gasteiger partial charge on any atom is 0.255 e. The molecule has 0 bridgehead atoms. The number of ether oxygens (including phenoxy) is 1. The molecule has 2 amide bonds. The van der Waals surface area contributed by atoms with E-state index in [1.54, 1.807) is 24.3 Å². The van der Waals surface area contributed by atoms with E-state index in [0.29, 0.717) is 17.7 Å². The third-order valence-corrected chi connectivity index (χ3v) is 5.12. The van der Waals surface area contributed by atoms with Crippen molar-refractivity contribution in [1.29, 1.82) is 0 Å². The van der Waals surface area contributed by atoms with Crippen LogP contribution in [0.15, 0.2) is 36.4 Å². The summed E-state index contributed by atoms with van der Waals surface area (Å²) >= 11 is 0. The molecule has 1 saturated heterocycles. The number of hydrogen-bond acceptors (Lipinski definition) is 4. The van der Waals surface area contributed by atoms with E-state index in [-0.39, 0.29) is 11.8 Å².